The van der Waals surface area contributed by atoms with E-state index in [0.717, 1.165) is 13.1 Å². The Morgan fingerprint density at radius 1 is 1.11 bits per heavy atom. The molecule has 0 radical (unpaired) electrons. The predicted molar refractivity (Wildman–Crippen MR) is 82.3 cm³/mol. The maximum atomic E-state index is 5.89. The van der Waals surface area contributed by atoms with E-state index in [1.54, 1.807) is 0 Å². The number of likely N-dealkylation sites (N-methyl/N-ethyl adjacent to an activating group) is 1. The van der Waals surface area contributed by atoms with E-state index in [1.807, 2.05) is 0 Å². The summed E-state index contributed by atoms with van der Waals surface area (Å²) >= 11 is 0. The van der Waals surface area contributed by atoms with Crippen LogP contribution in [0.15, 0.2) is 42.5 Å². The van der Waals surface area contributed by atoms with Crippen LogP contribution in [0.4, 0.5) is 0 Å². The lowest BCUT2D eigenvalue weighted by Crippen LogP contribution is -2.33. The molecule has 0 aliphatic heterocycles. The molecule has 2 aromatic rings. The summed E-state index contributed by atoms with van der Waals surface area (Å²) in [6.45, 7) is 2.58. The molecule has 2 aromatic carbocycles. The second-order valence-electron chi connectivity index (χ2n) is 5.15. The smallest absolute Gasteiger partial charge is 0.0445 e. The first-order valence-corrected chi connectivity index (χ1v) is 6.77. The van der Waals surface area contributed by atoms with E-state index in [2.05, 4.69) is 66.8 Å². The molecule has 1 unspecified atom stereocenters. The molecule has 0 bridgehead atoms. The maximum Gasteiger partial charge on any atom is 0.0445 e. The fourth-order valence-corrected chi connectivity index (χ4v) is 2.22. The second kappa shape index (κ2) is 6.66. The number of benzene rings is 2. The Balaban J connectivity index is 2.11. The molecule has 2 rings (SSSR count). The third kappa shape index (κ3) is 3.77. The molecule has 0 fully saturated rings. The quantitative estimate of drug-likeness (QED) is 0.831. The lowest BCUT2D eigenvalue weighted by Gasteiger charge is -2.19. The molecular weight excluding hydrogens is 234 g/mol. The lowest BCUT2D eigenvalue weighted by molar-refractivity contribution is 0.386. The van der Waals surface area contributed by atoms with Crippen molar-refractivity contribution < 1.29 is 0 Å². The van der Waals surface area contributed by atoms with Gasteiger partial charge in [-0.25, -0.2) is 0 Å². The number of rotatable bonds is 6. The molecule has 0 heterocycles. The molecule has 0 aliphatic carbocycles. The van der Waals surface area contributed by atoms with Gasteiger partial charge in [0.15, 0.2) is 0 Å². The molecule has 1 atom stereocenters. The highest BCUT2D eigenvalue weighted by molar-refractivity contribution is 5.83. The average Bonchev–Trinajstić information content (AvgIpc) is 2.43. The van der Waals surface area contributed by atoms with E-state index >= 15 is 0 Å². The second-order valence-corrected chi connectivity index (χ2v) is 5.15. The van der Waals surface area contributed by atoms with Gasteiger partial charge in [-0.1, -0.05) is 36.4 Å². The summed E-state index contributed by atoms with van der Waals surface area (Å²) in [5, 5.41) is 6.06. The largest absolute Gasteiger partial charge is 0.329 e. The fraction of sp³-hybridized carbons (Fsp3) is 0.375. The molecule has 0 aromatic heterocycles. The Kier molecular flexibility index (Phi) is 4.91. The minimum atomic E-state index is 0.226. The summed E-state index contributed by atoms with van der Waals surface area (Å²) < 4.78 is 0. The molecule has 0 saturated carbocycles. The summed E-state index contributed by atoms with van der Waals surface area (Å²) in [6.07, 6.45) is 0. The SMILES string of the molecule is CN(C)CCNC(CN)c1ccc2ccccc2c1. The number of nitrogens with two attached hydrogens (primary N) is 1. The van der Waals surface area contributed by atoms with Gasteiger partial charge < -0.3 is 16.0 Å². The van der Waals surface area contributed by atoms with Gasteiger partial charge in [-0.3, -0.25) is 0 Å². The minimum Gasteiger partial charge on any atom is -0.329 e. The van der Waals surface area contributed by atoms with Crippen molar-refractivity contribution >= 4 is 10.8 Å². The first-order valence-electron chi connectivity index (χ1n) is 6.77. The van der Waals surface area contributed by atoms with Crippen molar-refractivity contribution in [1.82, 2.24) is 10.2 Å². The van der Waals surface area contributed by atoms with E-state index in [0.29, 0.717) is 6.54 Å². The Morgan fingerprint density at radius 3 is 2.53 bits per heavy atom. The topological polar surface area (TPSA) is 41.3 Å². The highest BCUT2D eigenvalue weighted by atomic mass is 15.1. The lowest BCUT2D eigenvalue weighted by atomic mass is 10.0. The summed E-state index contributed by atoms with van der Waals surface area (Å²) in [4.78, 5) is 2.17. The van der Waals surface area contributed by atoms with Crippen LogP contribution in [-0.2, 0) is 0 Å². The summed E-state index contributed by atoms with van der Waals surface area (Å²) in [5.74, 6) is 0. The van der Waals surface area contributed by atoms with Crippen LogP contribution in [0.25, 0.3) is 10.8 Å². The number of nitrogens with zero attached hydrogens (tertiary/aromatic N) is 1. The van der Waals surface area contributed by atoms with Crippen LogP contribution >= 0.6 is 0 Å². The zero-order valence-corrected chi connectivity index (χ0v) is 11.8. The summed E-state index contributed by atoms with van der Waals surface area (Å²) in [7, 11) is 4.16. The van der Waals surface area contributed by atoms with Gasteiger partial charge in [-0.2, -0.15) is 0 Å². The molecule has 3 nitrogen and oxygen atoms in total. The van der Waals surface area contributed by atoms with Crippen molar-refractivity contribution in [2.24, 2.45) is 5.73 Å². The van der Waals surface area contributed by atoms with Crippen LogP contribution < -0.4 is 11.1 Å². The normalized spacial score (nSPS) is 13.1. The number of nitrogens with one attached hydrogen (secondary N) is 1. The van der Waals surface area contributed by atoms with Gasteiger partial charge in [0.25, 0.3) is 0 Å². The van der Waals surface area contributed by atoms with Gasteiger partial charge in [-0.15, -0.1) is 0 Å². The van der Waals surface area contributed by atoms with Gasteiger partial charge in [0, 0.05) is 25.7 Å². The van der Waals surface area contributed by atoms with E-state index in [9.17, 15) is 0 Å². The average molecular weight is 257 g/mol. The molecule has 3 N–H and O–H groups in total. The molecule has 0 amide bonds. The van der Waals surface area contributed by atoms with Crippen molar-refractivity contribution in [2.75, 3.05) is 33.7 Å². The molecule has 0 saturated heterocycles. The number of hydrogen-bond donors (Lipinski definition) is 2. The Morgan fingerprint density at radius 2 is 1.84 bits per heavy atom. The van der Waals surface area contributed by atoms with Crippen molar-refractivity contribution in [3.63, 3.8) is 0 Å². The number of hydrogen-bond acceptors (Lipinski definition) is 3. The highest BCUT2D eigenvalue weighted by Gasteiger charge is 2.09. The first-order chi connectivity index (χ1) is 9.20. The summed E-state index contributed by atoms with van der Waals surface area (Å²) in [6, 6.07) is 15.2. The van der Waals surface area contributed by atoms with Gasteiger partial charge in [0.1, 0.15) is 0 Å². The standard InChI is InChI=1S/C16H23N3/c1-19(2)10-9-18-16(12-17)15-8-7-13-5-3-4-6-14(13)11-15/h3-8,11,16,18H,9-10,12,17H2,1-2H3. The molecule has 0 spiro atoms. The third-order valence-corrected chi connectivity index (χ3v) is 3.36. The van der Waals surface area contributed by atoms with Crippen molar-refractivity contribution in [3.8, 4) is 0 Å². The Bertz CT molecular complexity index is 522. The first kappa shape index (κ1) is 14.0. The van der Waals surface area contributed by atoms with E-state index in [4.69, 9.17) is 5.73 Å². The monoisotopic (exact) mass is 257 g/mol. The van der Waals surface area contributed by atoms with Crippen LogP contribution in [0.5, 0.6) is 0 Å². The van der Waals surface area contributed by atoms with E-state index < -0.39 is 0 Å². The minimum absolute atomic E-state index is 0.226. The zero-order valence-electron chi connectivity index (χ0n) is 11.8. The maximum absolute atomic E-state index is 5.89. The number of fused-ring (bicyclic) bond motifs is 1. The van der Waals surface area contributed by atoms with Crippen molar-refractivity contribution in [1.29, 1.82) is 0 Å². The summed E-state index contributed by atoms with van der Waals surface area (Å²) in [5.41, 5.74) is 7.15. The van der Waals surface area contributed by atoms with E-state index in [1.165, 1.54) is 16.3 Å². The van der Waals surface area contributed by atoms with Crippen molar-refractivity contribution in [3.05, 3.63) is 48.0 Å². The van der Waals surface area contributed by atoms with Crippen LogP contribution in [0.2, 0.25) is 0 Å². The Hall–Kier alpha value is -1.42. The molecular formula is C16H23N3. The molecule has 19 heavy (non-hydrogen) atoms. The highest BCUT2D eigenvalue weighted by Crippen LogP contribution is 2.19. The molecule has 3 heteroatoms. The Labute approximate surface area is 115 Å². The van der Waals surface area contributed by atoms with Crippen LogP contribution in [-0.4, -0.2) is 38.6 Å². The predicted octanol–water partition coefficient (Wildman–Crippen LogP) is 1.99. The van der Waals surface area contributed by atoms with Gasteiger partial charge >= 0.3 is 0 Å². The van der Waals surface area contributed by atoms with Gasteiger partial charge in [-0.05, 0) is 36.5 Å². The molecule has 102 valence electrons. The van der Waals surface area contributed by atoms with Crippen LogP contribution in [0.3, 0.4) is 0 Å². The zero-order chi connectivity index (χ0) is 13.7. The van der Waals surface area contributed by atoms with Gasteiger partial charge in [0.2, 0.25) is 0 Å². The van der Waals surface area contributed by atoms with E-state index in [-0.39, 0.29) is 6.04 Å². The van der Waals surface area contributed by atoms with Crippen LogP contribution in [0.1, 0.15) is 11.6 Å². The van der Waals surface area contributed by atoms with Gasteiger partial charge in [0.05, 0.1) is 0 Å². The van der Waals surface area contributed by atoms with Crippen molar-refractivity contribution in [2.45, 2.75) is 6.04 Å². The van der Waals surface area contributed by atoms with Crippen LogP contribution in [0, 0.1) is 0 Å². The third-order valence-electron chi connectivity index (χ3n) is 3.36. The fourth-order valence-electron chi connectivity index (χ4n) is 2.22. The molecule has 0 aliphatic rings.